The minimum absolute atomic E-state index is 0.0880. The minimum atomic E-state index is -4.14. The first-order chi connectivity index (χ1) is 9.35. The van der Waals surface area contributed by atoms with Crippen molar-refractivity contribution in [3.63, 3.8) is 0 Å². The van der Waals surface area contributed by atoms with Gasteiger partial charge in [0.1, 0.15) is 12.2 Å². The molecule has 0 radical (unpaired) electrons. The molecule has 3 N–H and O–H groups in total. The second kappa shape index (κ2) is 5.76. The maximum Gasteiger partial charge on any atom is 0.297 e. The van der Waals surface area contributed by atoms with Crippen molar-refractivity contribution in [2.24, 2.45) is 0 Å². The van der Waals surface area contributed by atoms with Crippen molar-refractivity contribution >= 4 is 10.1 Å². The fraction of sp³-hybridized carbons (Fsp3) is 0.500. The molecule has 0 amide bonds. The van der Waals surface area contributed by atoms with Crippen molar-refractivity contribution in [2.75, 3.05) is 6.61 Å². The van der Waals surface area contributed by atoms with Crippen LogP contribution in [0.4, 0.5) is 0 Å². The number of ether oxygens (including phenoxy) is 1. The molecular formula is C12H16O7S. The van der Waals surface area contributed by atoms with E-state index in [1.54, 1.807) is 19.1 Å². The highest BCUT2D eigenvalue weighted by Gasteiger charge is 2.46. The molecule has 7 nitrogen and oxygen atoms in total. The van der Waals surface area contributed by atoms with Gasteiger partial charge in [-0.15, -0.1) is 0 Å². The zero-order valence-corrected chi connectivity index (χ0v) is 11.5. The lowest BCUT2D eigenvalue weighted by Crippen LogP contribution is -2.37. The smallest absolute Gasteiger partial charge is 0.297 e. The largest absolute Gasteiger partial charge is 0.394 e. The van der Waals surface area contributed by atoms with Gasteiger partial charge in [-0.1, -0.05) is 17.7 Å². The highest BCUT2D eigenvalue weighted by Crippen LogP contribution is 2.26. The van der Waals surface area contributed by atoms with Crippen LogP contribution in [0, 0.1) is 6.92 Å². The third kappa shape index (κ3) is 3.00. The molecule has 112 valence electrons. The van der Waals surface area contributed by atoms with Gasteiger partial charge in [0.05, 0.1) is 11.5 Å². The van der Waals surface area contributed by atoms with Gasteiger partial charge in [-0.25, -0.2) is 0 Å². The van der Waals surface area contributed by atoms with Crippen LogP contribution in [-0.4, -0.2) is 54.9 Å². The fourth-order valence-corrected chi connectivity index (χ4v) is 2.96. The number of aryl methyl sites for hydroxylation is 1. The highest BCUT2D eigenvalue weighted by molar-refractivity contribution is 7.86. The van der Waals surface area contributed by atoms with Crippen LogP contribution >= 0.6 is 0 Å². The summed E-state index contributed by atoms with van der Waals surface area (Å²) in [5.41, 5.74) is 0.883. The van der Waals surface area contributed by atoms with Crippen LogP contribution in [0.5, 0.6) is 0 Å². The first-order valence-corrected chi connectivity index (χ1v) is 7.38. The van der Waals surface area contributed by atoms with Crippen molar-refractivity contribution in [3.05, 3.63) is 29.8 Å². The molecule has 1 aliphatic heterocycles. The molecule has 1 aromatic carbocycles. The van der Waals surface area contributed by atoms with Crippen molar-refractivity contribution in [2.45, 2.75) is 36.4 Å². The van der Waals surface area contributed by atoms with Crippen LogP contribution < -0.4 is 0 Å². The molecule has 20 heavy (non-hydrogen) atoms. The lowest BCUT2D eigenvalue weighted by Gasteiger charge is -2.17. The molecule has 0 saturated carbocycles. The average molecular weight is 304 g/mol. The molecule has 0 bridgehead atoms. The minimum Gasteiger partial charge on any atom is -0.394 e. The summed E-state index contributed by atoms with van der Waals surface area (Å²) >= 11 is 0. The van der Waals surface area contributed by atoms with Gasteiger partial charge >= 0.3 is 0 Å². The molecule has 2 rings (SSSR count). The van der Waals surface area contributed by atoms with Crippen molar-refractivity contribution < 1.29 is 32.7 Å². The Morgan fingerprint density at radius 2 is 1.85 bits per heavy atom. The summed E-state index contributed by atoms with van der Waals surface area (Å²) in [6, 6.07) is 5.93. The quantitative estimate of drug-likeness (QED) is 0.620. The third-order valence-corrected chi connectivity index (χ3v) is 4.37. The SMILES string of the molecule is Cc1ccc(S(=O)(=O)OC2C(O)O[C@H](CO)[C@@H]2O)cc1. The fourth-order valence-electron chi connectivity index (χ4n) is 1.88. The number of hydrogen-bond acceptors (Lipinski definition) is 7. The maximum atomic E-state index is 12.0. The Morgan fingerprint density at radius 1 is 1.25 bits per heavy atom. The molecule has 8 heteroatoms. The molecule has 0 spiro atoms. The van der Waals surface area contributed by atoms with E-state index in [9.17, 15) is 18.6 Å². The summed E-state index contributed by atoms with van der Waals surface area (Å²) in [6.07, 6.45) is -5.61. The Morgan fingerprint density at radius 3 is 2.35 bits per heavy atom. The first kappa shape index (κ1) is 15.4. The van der Waals surface area contributed by atoms with Crippen LogP contribution in [0.1, 0.15) is 5.56 Å². The number of aliphatic hydroxyl groups excluding tert-OH is 3. The number of benzene rings is 1. The Kier molecular flexibility index (Phi) is 4.43. The van der Waals surface area contributed by atoms with Gasteiger partial charge in [0.2, 0.25) is 0 Å². The summed E-state index contributed by atoms with van der Waals surface area (Å²) in [5.74, 6) is 0. The van der Waals surface area contributed by atoms with E-state index in [0.717, 1.165) is 5.56 Å². The Bertz CT molecular complexity index is 554. The normalized spacial score (nSPS) is 30.6. The Labute approximate surface area is 116 Å². The Hall–Kier alpha value is -1.03. The maximum absolute atomic E-state index is 12.0. The predicted octanol–water partition coefficient (Wildman–Crippen LogP) is -0.861. The van der Waals surface area contributed by atoms with E-state index in [-0.39, 0.29) is 4.90 Å². The second-order valence-corrected chi connectivity index (χ2v) is 6.14. The standard InChI is InChI=1S/C12H16O7S/c1-7-2-4-8(5-3-7)20(16,17)19-11-10(14)9(6-13)18-12(11)15/h2-5,9-15H,6H2,1H3/t9-,10+,11?,12?/m1/s1. The van der Waals surface area contributed by atoms with Gasteiger partial charge in [0.15, 0.2) is 12.4 Å². The molecular weight excluding hydrogens is 288 g/mol. The first-order valence-electron chi connectivity index (χ1n) is 5.97. The topological polar surface area (TPSA) is 113 Å². The second-order valence-electron chi connectivity index (χ2n) is 4.57. The lowest BCUT2D eigenvalue weighted by atomic mass is 10.1. The van der Waals surface area contributed by atoms with E-state index in [0.29, 0.717) is 0 Å². The van der Waals surface area contributed by atoms with Gasteiger partial charge < -0.3 is 20.1 Å². The lowest BCUT2D eigenvalue weighted by molar-refractivity contribution is -0.127. The van der Waals surface area contributed by atoms with Gasteiger partial charge in [-0.3, -0.25) is 4.18 Å². The van der Waals surface area contributed by atoms with Crippen LogP contribution in [0.25, 0.3) is 0 Å². The predicted molar refractivity (Wildman–Crippen MR) is 67.2 cm³/mol. The average Bonchev–Trinajstić information content (AvgIpc) is 2.66. The van der Waals surface area contributed by atoms with Crippen molar-refractivity contribution in [3.8, 4) is 0 Å². The molecule has 0 aromatic heterocycles. The summed E-state index contributed by atoms with van der Waals surface area (Å²) in [6.45, 7) is 1.25. The van der Waals surface area contributed by atoms with Gasteiger partial charge in [0.25, 0.3) is 10.1 Å². The van der Waals surface area contributed by atoms with Crippen LogP contribution in [-0.2, 0) is 19.0 Å². The zero-order valence-electron chi connectivity index (χ0n) is 10.7. The molecule has 1 heterocycles. The molecule has 0 aliphatic carbocycles. The van der Waals surface area contributed by atoms with Crippen LogP contribution in [0.15, 0.2) is 29.2 Å². The van der Waals surface area contributed by atoms with Crippen molar-refractivity contribution in [1.82, 2.24) is 0 Å². The number of hydrogen-bond donors (Lipinski definition) is 3. The monoisotopic (exact) mass is 304 g/mol. The number of aliphatic hydroxyl groups is 3. The third-order valence-electron chi connectivity index (χ3n) is 3.04. The molecule has 1 saturated heterocycles. The summed E-state index contributed by atoms with van der Waals surface area (Å²) in [7, 11) is -4.14. The summed E-state index contributed by atoms with van der Waals surface area (Å²) in [4.78, 5) is -0.0880. The summed E-state index contributed by atoms with van der Waals surface area (Å²) < 4.78 is 33.7. The molecule has 1 fully saturated rings. The van der Waals surface area contributed by atoms with Crippen LogP contribution in [0.2, 0.25) is 0 Å². The molecule has 2 unspecified atom stereocenters. The summed E-state index contributed by atoms with van der Waals surface area (Å²) in [5, 5.41) is 28.2. The molecule has 4 atom stereocenters. The molecule has 1 aromatic rings. The Balaban J connectivity index is 2.18. The highest BCUT2D eigenvalue weighted by atomic mass is 32.2. The van der Waals surface area contributed by atoms with Gasteiger partial charge in [-0.2, -0.15) is 8.42 Å². The zero-order chi connectivity index (χ0) is 14.9. The van der Waals surface area contributed by atoms with E-state index < -0.39 is 41.3 Å². The van der Waals surface area contributed by atoms with Gasteiger partial charge in [-0.05, 0) is 19.1 Å². The van der Waals surface area contributed by atoms with Gasteiger partial charge in [0, 0.05) is 0 Å². The van der Waals surface area contributed by atoms with E-state index in [4.69, 9.17) is 14.0 Å². The van der Waals surface area contributed by atoms with E-state index in [1.807, 2.05) is 0 Å². The molecule has 1 aliphatic rings. The van der Waals surface area contributed by atoms with E-state index >= 15 is 0 Å². The number of rotatable bonds is 4. The van der Waals surface area contributed by atoms with E-state index in [1.165, 1.54) is 12.1 Å². The van der Waals surface area contributed by atoms with Crippen LogP contribution in [0.3, 0.4) is 0 Å². The van der Waals surface area contributed by atoms with Crippen molar-refractivity contribution in [1.29, 1.82) is 0 Å². The van der Waals surface area contributed by atoms with E-state index in [2.05, 4.69) is 0 Å².